The number of thiazole rings is 1. The number of aryl methyl sites for hydroxylation is 1. The van der Waals surface area contributed by atoms with Crippen LogP contribution < -0.4 is 10.2 Å². The zero-order valence-corrected chi connectivity index (χ0v) is 17.4. The lowest BCUT2D eigenvalue weighted by molar-refractivity contribution is 0.102. The maximum absolute atomic E-state index is 13.9. The molecule has 0 fully saturated rings. The third-order valence-corrected chi connectivity index (χ3v) is 6.42. The first-order valence-electron chi connectivity index (χ1n) is 10.1. The molecule has 1 N–H and O–H groups in total. The summed E-state index contributed by atoms with van der Waals surface area (Å²) in [5, 5.41) is 5.55. The van der Waals surface area contributed by atoms with Gasteiger partial charge in [0.05, 0.1) is 23.1 Å². The smallest absolute Gasteiger partial charge is 0.259 e. The molecule has 3 heterocycles. The number of amides is 1. The topological polar surface area (TPSA) is 71.0 Å². The van der Waals surface area contributed by atoms with E-state index < -0.39 is 17.5 Å². The lowest BCUT2D eigenvalue weighted by atomic mass is 9.96. The third-order valence-electron chi connectivity index (χ3n) is 5.59. The third kappa shape index (κ3) is 3.93. The van der Waals surface area contributed by atoms with Crippen molar-refractivity contribution in [3.8, 4) is 0 Å². The SMILES string of the molecule is O=C(Nc1cnc2c(n1)CCCC1=C2CN(c2nccs2)CC1)c1ccc(F)cc1F. The number of aromatic nitrogens is 3. The summed E-state index contributed by atoms with van der Waals surface area (Å²) in [6, 6.07) is 2.85. The van der Waals surface area contributed by atoms with Gasteiger partial charge in [-0.2, -0.15) is 0 Å². The minimum atomic E-state index is -0.917. The molecule has 1 aromatic carbocycles. The Balaban J connectivity index is 1.41. The highest BCUT2D eigenvalue weighted by Gasteiger charge is 2.27. The van der Waals surface area contributed by atoms with Crippen molar-refractivity contribution in [1.82, 2.24) is 15.0 Å². The summed E-state index contributed by atoms with van der Waals surface area (Å²) >= 11 is 1.62. The van der Waals surface area contributed by atoms with Crippen molar-refractivity contribution in [3.05, 3.63) is 70.1 Å². The van der Waals surface area contributed by atoms with E-state index in [0.717, 1.165) is 67.4 Å². The molecule has 6 nitrogen and oxygen atoms in total. The van der Waals surface area contributed by atoms with E-state index in [0.29, 0.717) is 6.07 Å². The number of rotatable bonds is 3. The van der Waals surface area contributed by atoms with Gasteiger partial charge in [-0.3, -0.25) is 9.78 Å². The second kappa shape index (κ2) is 8.14. The minimum absolute atomic E-state index is 0.241. The average Bonchev–Trinajstić information content (AvgIpc) is 3.23. The Morgan fingerprint density at radius 2 is 2.06 bits per heavy atom. The van der Waals surface area contributed by atoms with Gasteiger partial charge in [0.25, 0.3) is 5.91 Å². The number of halogens is 2. The van der Waals surface area contributed by atoms with Crippen LogP contribution >= 0.6 is 11.3 Å². The zero-order chi connectivity index (χ0) is 21.4. The molecule has 0 radical (unpaired) electrons. The average molecular weight is 439 g/mol. The lowest BCUT2D eigenvalue weighted by Gasteiger charge is -2.30. The van der Waals surface area contributed by atoms with Crippen molar-refractivity contribution in [1.29, 1.82) is 0 Å². The minimum Gasteiger partial charge on any atom is -0.343 e. The normalized spacial score (nSPS) is 15.9. The lowest BCUT2D eigenvalue weighted by Crippen LogP contribution is -2.31. The number of benzene rings is 1. The summed E-state index contributed by atoms with van der Waals surface area (Å²) in [5.74, 6) is -2.08. The molecule has 3 aromatic rings. The molecule has 2 aromatic heterocycles. The van der Waals surface area contributed by atoms with Crippen molar-refractivity contribution < 1.29 is 13.6 Å². The monoisotopic (exact) mass is 439 g/mol. The summed E-state index contributed by atoms with van der Waals surface area (Å²) in [5.41, 5.74) is 4.03. The molecule has 0 spiro atoms. The second-order valence-corrected chi connectivity index (χ2v) is 8.42. The van der Waals surface area contributed by atoms with Crippen molar-refractivity contribution in [3.63, 3.8) is 0 Å². The predicted molar refractivity (Wildman–Crippen MR) is 115 cm³/mol. The summed E-state index contributed by atoms with van der Waals surface area (Å²) < 4.78 is 27.0. The van der Waals surface area contributed by atoms with E-state index in [-0.39, 0.29) is 11.4 Å². The van der Waals surface area contributed by atoms with Crippen LogP contribution in [0, 0.1) is 11.6 Å². The van der Waals surface area contributed by atoms with Gasteiger partial charge in [-0.1, -0.05) is 5.57 Å². The molecule has 0 saturated carbocycles. The molecule has 0 bridgehead atoms. The zero-order valence-electron chi connectivity index (χ0n) is 16.6. The predicted octanol–water partition coefficient (Wildman–Crippen LogP) is 4.46. The molecule has 0 atom stereocenters. The van der Waals surface area contributed by atoms with Crippen LogP contribution in [-0.4, -0.2) is 33.9 Å². The molecule has 158 valence electrons. The molecule has 31 heavy (non-hydrogen) atoms. The van der Waals surface area contributed by atoms with Gasteiger partial charge in [0, 0.05) is 30.7 Å². The van der Waals surface area contributed by atoms with Gasteiger partial charge < -0.3 is 10.2 Å². The Labute approximate surface area is 181 Å². The van der Waals surface area contributed by atoms with Gasteiger partial charge in [0.2, 0.25) is 0 Å². The Bertz CT molecular complexity index is 1180. The van der Waals surface area contributed by atoms with Crippen LogP contribution in [0.25, 0.3) is 5.57 Å². The maximum atomic E-state index is 13.9. The van der Waals surface area contributed by atoms with Crippen LogP contribution in [0.15, 0.2) is 41.5 Å². The van der Waals surface area contributed by atoms with Crippen LogP contribution in [-0.2, 0) is 6.42 Å². The van der Waals surface area contributed by atoms with E-state index >= 15 is 0 Å². The van der Waals surface area contributed by atoms with E-state index in [1.165, 1.54) is 17.3 Å². The van der Waals surface area contributed by atoms with Crippen LogP contribution in [0.3, 0.4) is 0 Å². The Morgan fingerprint density at radius 3 is 2.87 bits per heavy atom. The quantitative estimate of drug-likeness (QED) is 0.652. The van der Waals surface area contributed by atoms with Crippen LogP contribution in [0.4, 0.5) is 19.7 Å². The first kappa shape index (κ1) is 19.7. The number of nitrogens with one attached hydrogen (secondary N) is 1. The van der Waals surface area contributed by atoms with E-state index in [1.54, 1.807) is 11.3 Å². The number of fused-ring (bicyclic) bond motifs is 2. The van der Waals surface area contributed by atoms with Gasteiger partial charge in [-0.25, -0.2) is 18.7 Å². The molecule has 2 aliphatic rings. The van der Waals surface area contributed by atoms with Crippen LogP contribution in [0.2, 0.25) is 0 Å². The van der Waals surface area contributed by atoms with Gasteiger partial charge in [-0.05, 0) is 43.4 Å². The van der Waals surface area contributed by atoms with E-state index in [2.05, 4.69) is 25.2 Å². The van der Waals surface area contributed by atoms with Crippen molar-refractivity contribution in [2.75, 3.05) is 23.3 Å². The summed E-state index contributed by atoms with van der Waals surface area (Å²) in [7, 11) is 0. The first-order chi connectivity index (χ1) is 15.1. The van der Waals surface area contributed by atoms with Crippen LogP contribution in [0.1, 0.15) is 41.0 Å². The van der Waals surface area contributed by atoms with Crippen molar-refractivity contribution in [2.24, 2.45) is 0 Å². The molecular weight excluding hydrogens is 420 g/mol. The van der Waals surface area contributed by atoms with Gasteiger partial charge >= 0.3 is 0 Å². The van der Waals surface area contributed by atoms with Gasteiger partial charge in [-0.15, -0.1) is 11.3 Å². The number of carbonyl (C=O) groups excluding carboxylic acids is 1. The highest BCUT2D eigenvalue weighted by atomic mass is 32.1. The fourth-order valence-corrected chi connectivity index (χ4v) is 4.77. The number of anilines is 2. The standard InChI is InChI=1S/C22H19F2N5OS/c23-14-4-5-15(17(24)10-14)21(30)28-19-11-26-20-16-12-29(22-25-7-9-31-22)8-6-13(16)2-1-3-18(20)27-19/h4-5,7,9-11H,1-3,6,8,12H2,(H,27,28,30). The molecule has 0 saturated heterocycles. The molecule has 1 aliphatic heterocycles. The number of hydrogen-bond acceptors (Lipinski definition) is 6. The molecule has 9 heteroatoms. The van der Waals surface area contributed by atoms with Gasteiger partial charge in [0.1, 0.15) is 11.6 Å². The largest absolute Gasteiger partial charge is 0.343 e. The molecule has 1 aliphatic carbocycles. The Hall–Kier alpha value is -3.20. The number of carbonyl (C=O) groups is 1. The fourth-order valence-electron chi connectivity index (χ4n) is 4.10. The Morgan fingerprint density at radius 1 is 1.16 bits per heavy atom. The molecule has 0 unspecified atom stereocenters. The molecular formula is C22H19F2N5OS. The highest BCUT2D eigenvalue weighted by molar-refractivity contribution is 7.13. The van der Waals surface area contributed by atoms with E-state index in [4.69, 9.17) is 0 Å². The summed E-state index contributed by atoms with van der Waals surface area (Å²) in [6.07, 6.45) is 6.99. The first-order valence-corrected chi connectivity index (χ1v) is 10.9. The second-order valence-electron chi connectivity index (χ2n) is 7.55. The molecule has 5 rings (SSSR count). The van der Waals surface area contributed by atoms with Crippen LogP contribution in [0.5, 0.6) is 0 Å². The summed E-state index contributed by atoms with van der Waals surface area (Å²) in [6.45, 7) is 1.67. The van der Waals surface area contributed by atoms with Crippen molar-refractivity contribution >= 4 is 33.8 Å². The maximum Gasteiger partial charge on any atom is 0.259 e. The van der Waals surface area contributed by atoms with E-state index in [1.807, 2.05) is 11.6 Å². The Kier molecular flexibility index (Phi) is 5.19. The number of hydrogen-bond donors (Lipinski definition) is 1. The van der Waals surface area contributed by atoms with Gasteiger partial charge in [0.15, 0.2) is 10.9 Å². The summed E-state index contributed by atoms with van der Waals surface area (Å²) in [4.78, 5) is 28.3. The fraction of sp³-hybridized carbons (Fsp3) is 0.273. The highest BCUT2D eigenvalue weighted by Crippen LogP contribution is 2.36. The van der Waals surface area contributed by atoms with Crippen molar-refractivity contribution in [2.45, 2.75) is 25.7 Å². The molecule has 1 amide bonds. The number of nitrogens with zero attached hydrogens (tertiary/aromatic N) is 4. The van der Waals surface area contributed by atoms with E-state index in [9.17, 15) is 13.6 Å².